The van der Waals surface area contributed by atoms with Gasteiger partial charge < -0.3 is 14.8 Å². The summed E-state index contributed by atoms with van der Waals surface area (Å²) in [6.07, 6.45) is 3.43. The number of nitrogens with one attached hydrogen (secondary N) is 1. The Morgan fingerprint density at radius 1 is 1.29 bits per heavy atom. The molecule has 8 heteroatoms. The normalized spacial score (nSPS) is 10.7. The molecule has 0 amide bonds. The molecule has 124 valence electrons. The fourth-order valence-corrected chi connectivity index (χ4v) is 2.33. The Morgan fingerprint density at radius 3 is 2.92 bits per heavy atom. The van der Waals surface area contributed by atoms with Crippen LogP contribution in [-0.4, -0.2) is 26.4 Å². The zero-order valence-electron chi connectivity index (χ0n) is 12.8. The van der Waals surface area contributed by atoms with Crippen LogP contribution in [0.1, 0.15) is 5.76 Å². The highest BCUT2D eigenvalue weighted by Crippen LogP contribution is 2.30. The van der Waals surface area contributed by atoms with Gasteiger partial charge in [0.2, 0.25) is 0 Å². The van der Waals surface area contributed by atoms with Crippen LogP contribution in [0, 0.1) is 10.1 Å². The van der Waals surface area contributed by atoms with Crippen LogP contribution in [0.4, 0.5) is 11.4 Å². The number of aliphatic hydroxyl groups is 1. The summed E-state index contributed by atoms with van der Waals surface area (Å²) in [5.74, 6) is 1.10. The summed E-state index contributed by atoms with van der Waals surface area (Å²) < 4.78 is 7.33. The molecule has 2 N–H and O–H groups in total. The molecule has 0 spiro atoms. The Kier molecular flexibility index (Phi) is 4.57. The number of rotatable bonds is 7. The first-order valence-electron chi connectivity index (χ1n) is 7.37. The third kappa shape index (κ3) is 3.44. The molecule has 0 atom stereocenters. The second-order valence-corrected chi connectivity index (χ2v) is 5.11. The summed E-state index contributed by atoms with van der Waals surface area (Å²) in [6.45, 7) is 0.883. The van der Waals surface area contributed by atoms with E-state index in [0.717, 1.165) is 5.69 Å². The van der Waals surface area contributed by atoms with E-state index < -0.39 is 4.92 Å². The molecule has 0 fully saturated rings. The number of aromatic nitrogens is 2. The van der Waals surface area contributed by atoms with E-state index in [2.05, 4.69) is 10.4 Å². The lowest BCUT2D eigenvalue weighted by atomic mass is 10.1. The molecule has 0 radical (unpaired) electrons. The van der Waals surface area contributed by atoms with Crippen molar-refractivity contribution >= 4 is 11.4 Å². The van der Waals surface area contributed by atoms with E-state index in [0.29, 0.717) is 30.2 Å². The van der Waals surface area contributed by atoms with Gasteiger partial charge in [-0.2, -0.15) is 5.10 Å². The van der Waals surface area contributed by atoms with Crippen molar-refractivity contribution in [2.24, 2.45) is 0 Å². The average Bonchev–Trinajstić information content (AvgIpc) is 3.22. The molecule has 0 aliphatic heterocycles. The first-order chi connectivity index (χ1) is 11.7. The minimum absolute atomic E-state index is 0.0108. The molecular formula is C16H16N4O4. The molecule has 0 aliphatic rings. The molecule has 3 rings (SSSR count). The van der Waals surface area contributed by atoms with Gasteiger partial charge in [-0.1, -0.05) is 12.1 Å². The molecule has 2 heterocycles. The van der Waals surface area contributed by atoms with Gasteiger partial charge in [0, 0.05) is 12.3 Å². The van der Waals surface area contributed by atoms with Gasteiger partial charge >= 0.3 is 0 Å². The number of hydrogen-bond acceptors (Lipinski definition) is 6. The number of benzene rings is 1. The van der Waals surface area contributed by atoms with E-state index in [1.54, 1.807) is 47.4 Å². The highest BCUT2D eigenvalue weighted by molar-refractivity contribution is 5.69. The number of aliphatic hydroxyl groups excluding tert-OH is 1. The Balaban J connectivity index is 1.70. The lowest BCUT2D eigenvalue weighted by Gasteiger charge is -2.01. The summed E-state index contributed by atoms with van der Waals surface area (Å²) in [6, 6.07) is 9.96. The predicted octanol–water partition coefficient (Wildman–Crippen LogP) is 2.66. The van der Waals surface area contributed by atoms with Crippen molar-refractivity contribution in [2.45, 2.75) is 13.1 Å². The van der Waals surface area contributed by atoms with Crippen LogP contribution in [0.2, 0.25) is 0 Å². The van der Waals surface area contributed by atoms with E-state index in [4.69, 9.17) is 9.52 Å². The number of furan rings is 1. The first kappa shape index (κ1) is 15.8. The largest absolute Gasteiger partial charge is 0.459 e. The summed E-state index contributed by atoms with van der Waals surface area (Å²) >= 11 is 0. The van der Waals surface area contributed by atoms with Gasteiger partial charge in [-0.05, 0) is 18.2 Å². The first-order valence-corrected chi connectivity index (χ1v) is 7.37. The lowest BCUT2D eigenvalue weighted by molar-refractivity contribution is -0.384. The van der Waals surface area contributed by atoms with Crippen LogP contribution in [0.3, 0.4) is 0 Å². The molecule has 0 aliphatic carbocycles. The van der Waals surface area contributed by atoms with Crippen molar-refractivity contribution in [3.05, 3.63) is 64.7 Å². The summed E-state index contributed by atoms with van der Waals surface area (Å²) in [5.41, 5.74) is 1.26. The maximum absolute atomic E-state index is 11.1. The monoisotopic (exact) mass is 328 g/mol. The van der Waals surface area contributed by atoms with Gasteiger partial charge in [0.1, 0.15) is 11.5 Å². The third-order valence-corrected chi connectivity index (χ3v) is 3.46. The number of nitrogens with zero attached hydrogens (tertiary/aromatic N) is 3. The molecule has 1 aromatic carbocycles. The van der Waals surface area contributed by atoms with Gasteiger partial charge in [0.25, 0.3) is 5.69 Å². The average molecular weight is 328 g/mol. The second kappa shape index (κ2) is 6.97. The van der Waals surface area contributed by atoms with Crippen LogP contribution in [0.15, 0.2) is 53.2 Å². The van der Waals surface area contributed by atoms with Crippen LogP contribution in [0.25, 0.3) is 11.3 Å². The fraction of sp³-hybridized carbons (Fsp3) is 0.188. The molecule has 0 saturated heterocycles. The van der Waals surface area contributed by atoms with Crippen LogP contribution in [0.5, 0.6) is 0 Å². The van der Waals surface area contributed by atoms with Crippen molar-refractivity contribution in [1.82, 2.24) is 9.78 Å². The Bertz CT molecular complexity index is 840. The third-order valence-electron chi connectivity index (χ3n) is 3.46. The van der Waals surface area contributed by atoms with E-state index >= 15 is 0 Å². The van der Waals surface area contributed by atoms with Gasteiger partial charge in [0.15, 0.2) is 0 Å². The van der Waals surface area contributed by atoms with Crippen molar-refractivity contribution in [3.63, 3.8) is 0 Å². The molecule has 0 unspecified atom stereocenters. The summed E-state index contributed by atoms with van der Waals surface area (Å²) in [7, 11) is 0. The maximum atomic E-state index is 11.1. The summed E-state index contributed by atoms with van der Waals surface area (Å²) in [4.78, 5) is 10.7. The van der Waals surface area contributed by atoms with Gasteiger partial charge in [0.05, 0.1) is 42.1 Å². The molecular weight excluding hydrogens is 312 g/mol. The zero-order valence-corrected chi connectivity index (χ0v) is 12.8. The van der Waals surface area contributed by atoms with Gasteiger partial charge in [-0.15, -0.1) is 0 Å². The second-order valence-electron chi connectivity index (χ2n) is 5.11. The van der Waals surface area contributed by atoms with E-state index in [9.17, 15) is 10.1 Å². The van der Waals surface area contributed by atoms with Crippen molar-refractivity contribution < 1.29 is 14.4 Å². The minimum Gasteiger partial charge on any atom is -0.459 e. The van der Waals surface area contributed by atoms with Crippen LogP contribution >= 0.6 is 0 Å². The number of anilines is 1. The quantitative estimate of drug-likeness (QED) is 0.510. The SMILES string of the molecule is O=[N+]([O-])c1ccccc1-c1ccc(CNc2cnn(CCO)c2)o1. The molecule has 0 bridgehead atoms. The number of nitro benzene ring substituents is 1. The van der Waals surface area contributed by atoms with Gasteiger partial charge in [-0.25, -0.2) is 0 Å². The van der Waals surface area contributed by atoms with Crippen molar-refractivity contribution in [3.8, 4) is 11.3 Å². The van der Waals surface area contributed by atoms with Crippen molar-refractivity contribution in [2.75, 3.05) is 11.9 Å². The van der Waals surface area contributed by atoms with Crippen molar-refractivity contribution in [1.29, 1.82) is 0 Å². The van der Waals surface area contributed by atoms with E-state index in [1.807, 2.05) is 0 Å². The van der Waals surface area contributed by atoms with Crippen LogP contribution in [-0.2, 0) is 13.1 Å². The predicted molar refractivity (Wildman–Crippen MR) is 87.4 cm³/mol. The molecule has 3 aromatic rings. The topological polar surface area (TPSA) is 106 Å². The minimum atomic E-state index is -0.425. The lowest BCUT2D eigenvalue weighted by Crippen LogP contribution is -2.02. The smallest absolute Gasteiger partial charge is 0.280 e. The highest BCUT2D eigenvalue weighted by atomic mass is 16.6. The molecule has 0 saturated carbocycles. The molecule has 2 aromatic heterocycles. The van der Waals surface area contributed by atoms with Gasteiger partial charge in [-0.3, -0.25) is 14.8 Å². The number of para-hydroxylation sites is 1. The summed E-state index contributed by atoms with van der Waals surface area (Å²) in [5, 5.41) is 27.2. The number of nitro groups is 1. The Hall–Kier alpha value is -3.13. The molecule has 8 nitrogen and oxygen atoms in total. The van der Waals surface area contributed by atoms with E-state index in [1.165, 1.54) is 6.07 Å². The Labute approximate surface area is 137 Å². The number of hydrogen-bond donors (Lipinski definition) is 2. The maximum Gasteiger partial charge on any atom is 0.280 e. The molecule has 24 heavy (non-hydrogen) atoms. The van der Waals surface area contributed by atoms with Crippen LogP contribution < -0.4 is 5.32 Å². The standard InChI is InChI=1S/C16H16N4O4/c21-8-7-19-11-12(9-18-19)17-10-13-5-6-16(24-13)14-3-1-2-4-15(14)20(22)23/h1-6,9,11,17,21H,7-8,10H2. The zero-order chi connectivity index (χ0) is 16.9. The Morgan fingerprint density at radius 2 is 2.12 bits per heavy atom. The highest BCUT2D eigenvalue weighted by Gasteiger charge is 2.17. The fourth-order valence-electron chi connectivity index (χ4n) is 2.33. The van der Waals surface area contributed by atoms with E-state index in [-0.39, 0.29) is 12.3 Å².